The van der Waals surface area contributed by atoms with Crippen LogP contribution in [-0.4, -0.2) is 26.2 Å². The van der Waals surface area contributed by atoms with Crippen molar-refractivity contribution in [3.63, 3.8) is 0 Å². The summed E-state index contributed by atoms with van der Waals surface area (Å²) in [5.41, 5.74) is 1.25. The second kappa shape index (κ2) is 25.1. The van der Waals surface area contributed by atoms with Crippen LogP contribution in [0.15, 0.2) is 23.8 Å². The van der Waals surface area contributed by atoms with Crippen LogP contribution in [0.5, 0.6) is 0 Å². The summed E-state index contributed by atoms with van der Waals surface area (Å²) >= 11 is 0. The third-order valence-corrected chi connectivity index (χ3v) is 6.01. The summed E-state index contributed by atoms with van der Waals surface area (Å²) in [7, 11) is 2.86. The average molecular weight is 511 g/mol. The number of carbonyl (C=O) groups excluding carboxylic acids is 2. The molecule has 0 aromatic heterocycles. The van der Waals surface area contributed by atoms with Gasteiger partial charge in [0.25, 0.3) is 0 Å². The lowest BCUT2D eigenvalue weighted by Gasteiger charge is -2.37. The topological polar surface area (TPSA) is 52.6 Å². The molecule has 0 aromatic carbocycles. The monoisotopic (exact) mass is 510 g/mol. The molecule has 0 amide bonds. The highest BCUT2D eigenvalue weighted by Gasteiger charge is 2.31. The number of unbranched alkanes of at least 4 members (excludes halogenated alkanes) is 3. The molecule has 0 fully saturated rings. The van der Waals surface area contributed by atoms with Gasteiger partial charge in [-0.2, -0.15) is 0 Å². The van der Waals surface area contributed by atoms with Gasteiger partial charge in [-0.1, -0.05) is 92.4 Å². The predicted octanol–water partition coefficient (Wildman–Crippen LogP) is 9.72. The van der Waals surface area contributed by atoms with E-state index in [0.717, 1.165) is 30.6 Å². The van der Waals surface area contributed by atoms with Gasteiger partial charge in [0, 0.05) is 6.42 Å². The van der Waals surface area contributed by atoms with Gasteiger partial charge in [-0.3, -0.25) is 9.59 Å². The maximum Gasteiger partial charge on any atom is 0.310 e. The highest BCUT2D eigenvalue weighted by Crippen LogP contribution is 2.42. The molecule has 4 heteroatoms. The van der Waals surface area contributed by atoms with E-state index in [-0.39, 0.29) is 17.4 Å². The number of ether oxygens (including phenoxy) is 2. The number of esters is 2. The molecule has 0 bridgehead atoms. The Morgan fingerprint density at radius 2 is 1.50 bits per heavy atom. The molecule has 0 saturated heterocycles. The Morgan fingerprint density at radius 1 is 0.944 bits per heavy atom. The predicted molar refractivity (Wildman–Crippen MR) is 157 cm³/mol. The lowest BCUT2D eigenvalue weighted by molar-refractivity contribution is -0.149. The van der Waals surface area contributed by atoms with E-state index in [1.54, 1.807) is 5.57 Å². The zero-order valence-electron chi connectivity index (χ0n) is 26.2. The minimum Gasteiger partial charge on any atom is -0.469 e. The Labute approximate surface area is 225 Å². The van der Waals surface area contributed by atoms with Gasteiger partial charge in [0.05, 0.1) is 19.6 Å². The van der Waals surface area contributed by atoms with E-state index in [9.17, 15) is 9.59 Å². The lowest BCUT2D eigenvalue weighted by Crippen LogP contribution is -2.27. The second-order valence-corrected chi connectivity index (χ2v) is 10.1. The Balaban J connectivity index is -0.000000606. The number of fused-ring (bicyclic) bond motifs is 1. The first-order valence-corrected chi connectivity index (χ1v) is 14.7. The number of methoxy groups -OCH3 is 2. The van der Waals surface area contributed by atoms with E-state index in [4.69, 9.17) is 0 Å². The second-order valence-electron chi connectivity index (χ2n) is 10.1. The number of hydrogen-bond acceptors (Lipinski definition) is 4. The first kappa shape index (κ1) is 38.9. The third kappa shape index (κ3) is 18.7. The molecule has 36 heavy (non-hydrogen) atoms. The van der Waals surface area contributed by atoms with Gasteiger partial charge < -0.3 is 9.47 Å². The molecule has 4 nitrogen and oxygen atoms in total. The van der Waals surface area contributed by atoms with Crippen molar-refractivity contribution < 1.29 is 19.1 Å². The fourth-order valence-corrected chi connectivity index (χ4v) is 4.22. The van der Waals surface area contributed by atoms with Crippen LogP contribution in [-0.2, 0) is 19.1 Å². The van der Waals surface area contributed by atoms with Crippen LogP contribution in [0, 0.1) is 23.2 Å². The van der Waals surface area contributed by atoms with Crippen LogP contribution >= 0.6 is 0 Å². The van der Waals surface area contributed by atoms with Crippen molar-refractivity contribution in [2.24, 2.45) is 23.2 Å². The molecule has 214 valence electrons. The molecule has 0 heterocycles. The summed E-state index contributed by atoms with van der Waals surface area (Å²) in [6.45, 7) is 20.1. The Morgan fingerprint density at radius 3 is 1.97 bits per heavy atom. The third-order valence-electron chi connectivity index (χ3n) is 6.01. The smallest absolute Gasteiger partial charge is 0.310 e. The Bertz CT molecular complexity index is 583. The van der Waals surface area contributed by atoms with Crippen molar-refractivity contribution in [2.45, 2.75) is 133 Å². The van der Waals surface area contributed by atoms with Crippen molar-refractivity contribution >= 4 is 11.9 Å². The minimum absolute atomic E-state index is 0.0713. The molecule has 0 aromatic rings. The van der Waals surface area contributed by atoms with Crippen LogP contribution in [0.2, 0.25) is 0 Å². The van der Waals surface area contributed by atoms with Crippen molar-refractivity contribution in [1.29, 1.82) is 0 Å². The van der Waals surface area contributed by atoms with Crippen molar-refractivity contribution in [3.05, 3.63) is 23.8 Å². The van der Waals surface area contributed by atoms with Crippen LogP contribution in [0.3, 0.4) is 0 Å². The van der Waals surface area contributed by atoms with Crippen molar-refractivity contribution in [3.8, 4) is 0 Å². The quantitative estimate of drug-likeness (QED) is 0.253. The molecule has 0 aliphatic heterocycles. The standard InChI is InChI=1S/C19H30O2.C6H12O2.C3H8.2C2H6/c1-15-13-14-16-9-7-8-11-18(16)17(15)10-5-3-4-6-12-19(20)21-2;1-6(2,3)5(7)8-4;1-3-2;2*1-2/h9,13-15,17-18H,3-8,10-12H2,1-2H3;1-4H3;3H2,1-2H3;2*1-2H3/t15?,17-,18?;;;;/m0..../s1. The fourth-order valence-electron chi connectivity index (χ4n) is 4.22. The molecule has 0 N–H and O–H groups in total. The van der Waals surface area contributed by atoms with Gasteiger partial charge in [-0.25, -0.2) is 0 Å². The van der Waals surface area contributed by atoms with Gasteiger partial charge >= 0.3 is 11.9 Å². The van der Waals surface area contributed by atoms with Gasteiger partial charge in [0.15, 0.2) is 0 Å². The highest BCUT2D eigenvalue weighted by molar-refractivity contribution is 5.75. The maximum atomic E-state index is 11.1. The van der Waals surface area contributed by atoms with Crippen LogP contribution in [0.4, 0.5) is 0 Å². The first-order valence-electron chi connectivity index (χ1n) is 14.7. The zero-order valence-corrected chi connectivity index (χ0v) is 26.2. The van der Waals surface area contributed by atoms with E-state index in [2.05, 4.69) is 48.5 Å². The fraction of sp³-hybridized carbons (Fsp3) is 0.812. The SMILES string of the molecule is CC.CC.CCC.COC(=O)C(C)(C)C.COC(=O)CCCCCC[C@H]1C(C)C=CC2=CCCCC21. The van der Waals surface area contributed by atoms with E-state index >= 15 is 0 Å². The lowest BCUT2D eigenvalue weighted by atomic mass is 9.68. The summed E-state index contributed by atoms with van der Waals surface area (Å²) in [4.78, 5) is 21.7. The van der Waals surface area contributed by atoms with Gasteiger partial charge in [0.1, 0.15) is 0 Å². The van der Waals surface area contributed by atoms with Gasteiger partial charge in [-0.05, 0) is 76.2 Å². The van der Waals surface area contributed by atoms with Crippen LogP contribution < -0.4 is 0 Å². The average Bonchev–Trinajstić information content (AvgIpc) is 2.89. The summed E-state index contributed by atoms with van der Waals surface area (Å²) < 4.78 is 9.15. The van der Waals surface area contributed by atoms with Gasteiger partial charge in [0.2, 0.25) is 0 Å². The number of carbonyl (C=O) groups is 2. The molecule has 2 aliphatic carbocycles. The molecule has 2 unspecified atom stereocenters. The van der Waals surface area contributed by atoms with Crippen molar-refractivity contribution in [2.75, 3.05) is 14.2 Å². The zero-order chi connectivity index (χ0) is 28.6. The molecule has 0 radical (unpaired) electrons. The molecular weight excluding hydrogens is 448 g/mol. The summed E-state index contributed by atoms with van der Waals surface area (Å²) in [5, 5.41) is 0. The highest BCUT2D eigenvalue weighted by atomic mass is 16.5. The first-order chi connectivity index (χ1) is 17.1. The summed E-state index contributed by atoms with van der Waals surface area (Å²) in [6.07, 6.45) is 19.1. The maximum absolute atomic E-state index is 11.1. The molecule has 3 atom stereocenters. The van der Waals surface area contributed by atoms with E-state index in [1.165, 1.54) is 59.2 Å². The Hall–Kier alpha value is -1.58. The van der Waals surface area contributed by atoms with Crippen LogP contribution in [0.1, 0.15) is 133 Å². The summed E-state index contributed by atoms with van der Waals surface area (Å²) in [6, 6.07) is 0. The molecular formula is C32H62O4. The molecule has 2 aliphatic rings. The van der Waals surface area contributed by atoms with Gasteiger partial charge in [-0.15, -0.1) is 0 Å². The van der Waals surface area contributed by atoms with Crippen LogP contribution in [0.25, 0.3) is 0 Å². The minimum atomic E-state index is -0.352. The van der Waals surface area contributed by atoms with E-state index in [0.29, 0.717) is 6.42 Å². The normalized spacial score (nSPS) is 19.6. The number of rotatable bonds is 7. The number of hydrogen-bond donors (Lipinski definition) is 0. The summed E-state index contributed by atoms with van der Waals surface area (Å²) in [5.74, 6) is 2.13. The van der Waals surface area contributed by atoms with E-state index < -0.39 is 0 Å². The molecule has 2 rings (SSSR count). The van der Waals surface area contributed by atoms with E-state index in [1.807, 2.05) is 48.5 Å². The molecule has 0 saturated carbocycles. The Kier molecular flexibility index (Phi) is 27.1. The largest absolute Gasteiger partial charge is 0.469 e. The molecule has 0 spiro atoms. The van der Waals surface area contributed by atoms with Crippen molar-refractivity contribution in [1.82, 2.24) is 0 Å². The number of allylic oxidation sites excluding steroid dienone is 4.